The molecule has 0 spiro atoms. The van der Waals surface area contributed by atoms with Crippen molar-refractivity contribution in [1.29, 1.82) is 0 Å². The zero-order chi connectivity index (χ0) is 23.0. The van der Waals surface area contributed by atoms with E-state index in [-0.39, 0.29) is 18.4 Å². The van der Waals surface area contributed by atoms with E-state index in [1.54, 1.807) is 23.1 Å². The molecule has 0 aliphatic carbocycles. The minimum absolute atomic E-state index is 0.165. The molecule has 31 heavy (non-hydrogen) atoms. The van der Waals surface area contributed by atoms with Gasteiger partial charge in [-0.2, -0.15) is 0 Å². The lowest BCUT2D eigenvalue weighted by Crippen LogP contribution is -2.50. The molecule has 0 bridgehead atoms. The Morgan fingerprint density at radius 2 is 1.87 bits per heavy atom. The summed E-state index contributed by atoms with van der Waals surface area (Å²) >= 11 is 12.1. The van der Waals surface area contributed by atoms with Crippen molar-refractivity contribution in [3.63, 3.8) is 0 Å². The monoisotopic (exact) mass is 464 g/mol. The summed E-state index contributed by atoms with van der Waals surface area (Å²) in [5.41, 5.74) is 2.04. The normalized spacial score (nSPS) is 11.8. The molecular weight excluding hydrogens is 435 g/mol. The van der Waals surface area contributed by atoms with E-state index in [0.717, 1.165) is 11.1 Å². The van der Waals surface area contributed by atoms with Crippen LogP contribution in [0.1, 0.15) is 38.3 Å². The SMILES string of the molecule is CCC(C(=O)NCC(C)C)N(Cc1cccc(C)c1)C(=O)COc1ccc(Cl)cc1Cl. The number of hydrogen-bond acceptors (Lipinski definition) is 3. The molecule has 0 aromatic heterocycles. The third-order valence-corrected chi connectivity index (χ3v) is 5.28. The third-order valence-electron chi connectivity index (χ3n) is 4.75. The van der Waals surface area contributed by atoms with Crippen molar-refractivity contribution in [2.75, 3.05) is 13.2 Å². The van der Waals surface area contributed by atoms with E-state index >= 15 is 0 Å². The van der Waals surface area contributed by atoms with Crippen LogP contribution in [0.3, 0.4) is 0 Å². The number of nitrogens with zero attached hydrogens (tertiary/aromatic N) is 1. The molecular formula is C24H30Cl2N2O3. The molecule has 0 saturated heterocycles. The third kappa shape index (κ3) is 7.75. The first-order valence-corrected chi connectivity index (χ1v) is 11.2. The topological polar surface area (TPSA) is 58.6 Å². The zero-order valence-corrected chi connectivity index (χ0v) is 20.0. The predicted octanol–water partition coefficient (Wildman–Crippen LogP) is 5.26. The molecule has 2 aromatic rings. The van der Waals surface area contributed by atoms with Gasteiger partial charge >= 0.3 is 0 Å². The van der Waals surface area contributed by atoms with E-state index in [0.29, 0.717) is 41.2 Å². The Hall–Kier alpha value is -2.24. The number of rotatable bonds is 10. The van der Waals surface area contributed by atoms with Crippen LogP contribution in [0, 0.1) is 12.8 Å². The van der Waals surface area contributed by atoms with Crippen molar-refractivity contribution in [2.45, 2.75) is 46.7 Å². The summed E-state index contributed by atoms with van der Waals surface area (Å²) in [6.45, 7) is 8.58. The second kappa shape index (κ2) is 12.0. The van der Waals surface area contributed by atoms with Gasteiger partial charge in [0.1, 0.15) is 11.8 Å². The van der Waals surface area contributed by atoms with Gasteiger partial charge in [0.2, 0.25) is 5.91 Å². The maximum absolute atomic E-state index is 13.2. The van der Waals surface area contributed by atoms with Crippen molar-refractivity contribution in [2.24, 2.45) is 5.92 Å². The molecule has 1 unspecified atom stereocenters. The Morgan fingerprint density at radius 1 is 1.13 bits per heavy atom. The van der Waals surface area contributed by atoms with Gasteiger partial charge in [0.05, 0.1) is 5.02 Å². The minimum Gasteiger partial charge on any atom is -0.482 e. The molecule has 0 fully saturated rings. The van der Waals surface area contributed by atoms with Crippen molar-refractivity contribution in [1.82, 2.24) is 10.2 Å². The van der Waals surface area contributed by atoms with Gasteiger partial charge in [-0.25, -0.2) is 0 Å². The number of aryl methyl sites for hydroxylation is 1. The van der Waals surface area contributed by atoms with Crippen LogP contribution in [0.4, 0.5) is 0 Å². The van der Waals surface area contributed by atoms with Gasteiger partial charge in [-0.3, -0.25) is 9.59 Å². The molecule has 1 N–H and O–H groups in total. The Labute approximate surface area is 194 Å². The number of ether oxygens (including phenoxy) is 1. The van der Waals surface area contributed by atoms with Crippen molar-refractivity contribution in [3.8, 4) is 5.75 Å². The van der Waals surface area contributed by atoms with Crippen molar-refractivity contribution in [3.05, 3.63) is 63.6 Å². The summed E-state index contributed by atoms with van der Waals surface area (Å²) in [5, 5.41) is 3.76. The highest BCUT2D eigenvalue weighted by Gasteiger charge is 2.29. The summed E-state index contributed by atoms with van der Waals surface area (Å²) in [6, 6.07) is 12.1. The van der Waals surface area contributed by atoms with E-state index in [4.69, 9.17) is 27.9 Å². The zero-order valence-electron chi connectivity index (χ0n) is 18.5. The number of amides is 2. The molecule has 0 saturated carbocycles. The fourth-order valence-electron chi connectivity index (χ4n) is 3.16. The molecule has 0 heterocycles. The van der Waals surface area contributed by atoms with Crippen LogP contribution in [0.25, 0.3) is 0 Å². The average molecular weight is 465 g/mol. The summed E-state index contributed by atoms with van der Waals surface area (Å²) < 4.78 is 5.66. The standard InChI is InChI=1S/C24H30Cl2N2O3/c1-5-21(24(30)27-13-16(2)3)28(14-18-8-6-7-17(4)11-18)23(29)15-31-22-10-9-19(25)12-20(22)26/h6-12,16,21H,5,13-15H2,1-4H3,(H,27,30). The predicted molar refractivity (Wildman–Crippen MR) is 126 cm³/mol. The Morgan fingerprint density at radius 3 is 2.48 bits per heavy atom. The first kappa shape index (κ1) is 25.0. The number of halogens is 2. The van der Waals surface area contributed by atoms with E-state index < -0.39 is 6.04 Å². The van der Waals surface area contributed by atoms with Crippen molar-refractivity contribution >= 4 is 35.0 Å². The van der Waals surface area contributed by atoms with E-state index in [9.17, 15) is 9.59 Å². The van der Waals surface area contributed by atoms with Crippen LogP contribution in [0.5, 0.6) is 5.75 Å². The van der Waals surface area contributed by atoms with E-state index in [1.165, 1.54) is 0 Å². The van der Waals surface area contributed by atoms with Gasteiger partial charge < -0.3 is 15.0 Å². The highest BCUT2D eigenvalue weighted by atomic mass is 35.5. The number of carbonyl (C=O) groups excluding carboxylic acids is 2. The maximum Gasteiger partial charge on any atom is 0.261 e. The molecule has 7 heteroatoms. The lowest BCUT2D eigenvalue weighted by molar-refractivity contribution is -0.143. The molecule has 0 aliphatic heterocycles. The molecule has 168 valence electrons. The molecule has 0 radical (unpaired) electrons. The number of hydrogen-bond donors (Lipinski definition) is 1. The highest BCUT2D eigenvalue weighted by molar-refractivity contribution is 6.35. The lowest BCUT2D eigenvalue weighted by Gasteiger charge is -2.31. The summed E-state index contributed by atoms with van der Waals surface area (Å²) in [7, 11) is 0. The van der Waals surface area contributed by atoms with Crippen LogP contribution in [-0.4, -0.2) is 35.9 Å². The van der Waals surface area contributed by atoms with Gasteiger partial charge in [-0.15, -0.1) is 0 Å². The van der Waals surface area contributed by atoms with Crippen molar-refractivity contribution < 1.29 is 14.3 Å². The van der Waals surface area contributed by atoms with Gasteiger partial charge in [0.25, 0.3) is 5.91 Å². The van der Waals surface area contributed by atoms with Crippen LogP contribution >= 0.6 is 23.2 Å². The first-order valence-electron chi connectivity index (χ1n) is 10.4. The quantitative estimate of drug-likeness (QED) is 0.521. The molecule has 2 amide bonds. The minimum atomic E-state index is -0.601. The van der Waals surface area contributed by atoms with Gasteiger partial charge in [-0.1, -0.05) is 73.8 Å². The maximum atomic E-state index is 13.2. The fraction of sp³-hybridized carbons (Fsp3) is 0.417. The smallest absolute Gasteiger partial charge is 0.261 e. The largest absolute Gasteiger partial charge is 0.482 e. The second-order valence-corrected chi connectivity index (χ2v) is 8.78. The Bertz CT molecular complexity index is 902. The highest BCUT2D eigenvalue weighted by Crippen LogP contribution is 2.27. The Balaban J connectivity index is 2.21. The lowest BCUT2D eigenvalue weighted by atomic mass is 10.1. The number of nitrogens with one attached hydrogen (secondary N) is 1. The number of carbonyl (C=O) groups is 2. The molecule has 2 aromatic carbocycles. The van der Waals surface area contributed by atoms with E-state index in [1.807, 2.05) is 52.0 Å². The van der Waals surface area contributed by atoms with Gasteiger partial charge in [-0.05, 0) is 43.0 Å². The van der Waals surface area contributed by atoms with Crippen LogP contribution in [0.15, 0.2) is 42.5 Å². The molecule has 5 nitrogen and oxygen atoms in total. The molecule has 1 atom stereocenters. The summed E-state index contributed by atoms with van der Waals surface area (Å²) in [6.07, 6.45) is 0.489. The second-order valence-electron chi connectivity index (χ2n) is 7.94. The number of benzene rings is 2. The van der Waals surface area contributed by atoms with Gasteiger partial charge in [0.15, 0.2) is 6.61 Å². The average Bonchev–Trinajstić information content (AvgIpc) is 2.71. The summed E-state index contributed by atoms with van der Waals surface area (Å²) in [4.78, 5) is 27.6. The van der Waals surface area contributed by atoms with Crippen LogP contribution in [-0.2, 0) is 16.1 Å². The van der Waals surface area contributed by atoms with Crippen LogP contribution < -0.4 is 10.1 Å². The molecule has 0 aliphatic rings. The Kier molecular flexibility index (Phi) is 9.66. The van der Waals surface area contributed by atoms with E-state index in [2.05, 4.69) is 5.32 Å². The first-order chi connectivity index (χ1) is 14.7. The summed E-state index contributed by atoms with van der Waals surface area (Å²) in [5.74, 6) is 0.228. The van der Waals surface area contributed by atoms with Crippen LogP contribution in [0.2, 0.25) is 10.0 Å². The van der Waals surface area contributed by atoms with Gasteiger partial charge in [0, 0.05) is 18.1 Å². The fourth-order valence-corrected chi connectivity index (χ4v) is 3.63. The molecule has 2 rings (SSSR count).